The van der Waals surface area contributed by atoms with Crippen molar-refractivity contribution in [3.8, 4) is 11.5 Å². The Morgan fingerprint density at radius 2 is 1.37 bits per heavy atom. The summed E-state index contributed by atoms with van der Waals surface area (Å²) in [7, 11) is -2.64. The van der Waals surface area contributed by atoms with Gasteiger partial charge in [0.05, 0.1) is 7.11 Å². The second kappa shape index (κ2) is 15.6. The molecule has 41 heavy (non-hydrogen) atoms. The third-order valence-electron chi connectivity index (χ3n) is 8.55. The van der Waals surface area contributed by atoms with E-state index in [1.807, 2.05) is 12.1 Å². The van der Waals surface area contributed by atoms with Gasteiger partial charge in [-0.15, -0.1) is 11.6 Å². The molecule has 0 saturated carbocycles. The Balaban J connectivity index is 3.31. The third-order valence-corrected chi connectivity index (χ3v) is 17.7. The van der Waals surface area contributed by atoms with Crippen molar-refractivity contribution in [1.29, 1.82) is 0 Å². The lowest BCUT2D eigenvalue weighted by Crippen LogP contribution is -2.44. The molecule has 0 aliphatic carbocycles. The maximum absolute atomic E-state index is 12.7. The molecule has 0 fully saturated rings. The summed E-state index contributed by atoms with van der Waals surface area (Å²) in [4.78, 5) is 12.7. The minimum Gasteiger partial charge on any atom is -0.543 e. The second-order valence-electron chi connectivity index (χ2n) is 14.2. The molecule has 0 aliphatic rings. The summed E-state index contributed by atoms with van der Waals surface area (Å²) in [5.41, 5.74) is 4.23. The van der Waals surface area contributed by atoms with Crippen LogP contribution >= 0.6 is 11.6 Å². The molecule has 0 saturated heterocycles. The lowest BCUT2D eigenvalue weighted by molar-refractivity contribution is -0.136. The maximum atomic E-state index is 12.7. The molecule has 0 bridgehead atoms. The number of hydrogen-bond acceptors (Lipinski definition) is 4. The van der Waals surface area contributed by atoms with Crippen LogP contribution < -0.4 is 8.85 Å². The van der Waals surface area contributed by atoms with Gasteiger partial charge < -0.3 is 13.6 Å². The van der Waals surface area contributed by atoms with E-state index in [0.29, 0.717) is 24.3 Å². The molecule has 7 heteroatoms. The molecule has 0 spiro atoms. The van der Waals surface area contributed by atoms with Gasteiger partial charge in [-0.3, -0.25) is 0 Å². The van der Waals surface area contributed by atoms with E-state index in [4.69, 9.17) is 25.2 Å². The highest BCUT2D eigenvalue weighted by atomic mass is 35.5. The smallest absolute Gasteiger partial charge is 0.333 e. The number of carbonyl (C=O) groups is 1. The van der Waals surface area contributed by atoms with Crippen LogP contribution in [0.3, 0.4) is 0 Å². The van der Waals surface area contributed by atoms with Gasteiger partial charge in [0.25, 0.3) is 0 Å². The van der Waals surface area contributed by atoms with Crippen molar-refractivity contribution in [3.05, 3.63) is 58.7 Å². The van der Waals surface area contributed by atoms with E-state index in [1.54, 1.807) is 0 Å². The van der Waals surface area contributed by atoms with E-state index in [1.165, 1.54) is 18.3 Å². The van der Waals surface area contributed by atoms with Crippen molar-refractivity contribution in [2.24, 2.45) is 0 Å². The van der Waals surface area contributed by atoms with Crippen molar-refractivity contribution in [2.75, 3.05) is 13.0 Å². The molecule has 0 amide bonds. The molecule has 0 aromatic heterocycles. The number of halogens is 1. The average molecular weight is 621 g/mol. The van der Waals surface area contributed by atoms with Gasteiger partial charge in [0, 0.05) is 17.0 Å². The maximum Gasteiger partial charge on any atom is 0.333 e. The van der Waals surface area contributed by atoms with Gasteiger partial charge in [0.2, 0.25) is 16.6 Å². The van der Waals surface area contributed by atoms with E-state index in [0.717, 1.165) is 36.3 Å². The normalized spacial score (nSPS) is 14.2. The number of rotatable bonds is 14. The predicted molar refractivity (Wildman–Crippen MR) is 183 cm³/mol. The Morgan fingerprint density at radius 3 is 1.90 bits per heavy atom. The summed E-state index contributed by atoms with van der Waals surface area (Å²) in [5, 5.41) is 0.155. The molecule has 0 aliphatic heterocycles. The Kier molecular flexibility index (Phi) is 14.2. The zero-order valence-corrected chi connectivity index (χ0v) is 31.0. The number of ether oxygens (including phenoxy) is 1. The summed E-state index contributed by atoms with van der Waals surface area (Å²) in [6, 6.07) is 6.19. The SMILES string of the molecule is COC(=O)C(=CCc1cc(O[Si](C)(C)C(C)(C)C)ccc1O[Si](C)(C)C(C)(C)C)CCC=C(C)CCC=C(C)CCl. The quantitative estimate of drug-likeness (QED) is 0.0682. The zero-order valence-electron chi connectivity index (χ0n) is 28.2. The number of carbonyl (C=O) groups excluding carboxylic acids is 1. The van der Waals surface area contributed by atoms with Gasteiger partial charge in [-0.2, -0.15) is 0 Å². The van der Waals surface area contributed by atoms with Gasteiger partial charge in [0.15, 0.2) is 0 Å². The van der Waals surface area contributed by atoms with Crippen LogP contribution in [-0.2, 0) is 16.0 Å². The van der Waals surface area contributed by atoms with Crippen molar-refractivity contribution >= 4 is 34.2 Å². The molecule has 1 aromatic rings. The standard InChI is InChI=1S/C34H57ClO4Si2/c1-26(16-14-18-27(2)25-35)17-15-19-28(32(36)37-9)20-21-29-24-30(38-40(10,11)33(3,4)5)22-23-31(29)39-41(12,13)34(6,7)8/h17-18,20,22-24H,14-16,19,21,25H2,1-13H3. The van der Waals surface area contributed by atoms with Gasteiger partial charge in [-0.25, -0.2) is 4.79 Å². The van der Waals surface area contributed by atoms with Gasteiger partial charge in [-0.05, 0) is 100 Å². The van der Waals surface area contributed by atoms with E-state index >= 15 is 0 Å². The molecule has 1 rings (SSSR count). The van der Waals surface area contributed by atoms with E-state index < -0.39 is 16.6 Å². The molecule has 0 heterocycles. The number of alkyl halides is 1. The van der Waals surface area contributed by atoms with E-state index in [-0.39, 0.29) is 16.0 Å². The second-order valence-corrected chi connectivity index (χ2v) is 23.9. The fourth-order valence-corrected chi connectivity index (χ4v) is 5.77. The molecular weight excluding hydrogens is 564 g/mol. The summed E-state index contributed by atoms with van der Waals surface area (Å²) >= 11 is 5.87. The van der Waals surface area contributed by atoms with Crippen molar-refractivity contribution in [2.45, 2.75) is 124 Å². The Labute approximate surface area is 258 Å². The molecule has 0 radical (unpaired) electrons. The van der Waals surface area contributed by atoms with Crippen LogP contribution in [0.25, 0.3) is 0 Å². The lowest BCUT2D eigenvalue weighted by Gasteiger charge is -2.38. The molecule has 0 unspecified atom stereocenters. The highest BCUT2D eigenvalue weighted by molar-refractivity contribution is 6.75. The first-order chi connectivity index (χ1) is 18.7. The summed E-state index contributed by atoms with van der Waals surface area (Å²) in [6.07, 6.45) is 10.4. The molecular formula is C34H57ClO4Si2. The van der Waals surface area contributed by atoms with E-state index in [9.17, 15) is 4.79 Å². The lowest BCUT2D eigenvalue weighted by atomic mass is 10.0. The summed E-state index contributed by atoms with van der Waals surface area (Å²) in [6.45, 7) is 26.7. The molecule has 4 nitrogen and oxygen atoms in total. The fourth-order valence-electron chi connectivity index (χ4n) is 3.58. The van der Waals surface area contributed by atoms with Crippen LogP contribution in [0.4, 0.5) is 0 Å². The van der Waals surface area contributed by atoms with Crippen LogP contribution in [0, 0.1) is 0 Å². The zero-order chi connectivity index (χ0) is 31.6. The van der Waals surface area contributed by atoms with Crippen LogP contribution in [0.2, 0.25) is 36.3 Å². The Morgan fingerprint density at radius 1 is 0.829 bits per heavy atom. The van der Waals surface area contributed by atoms with Crippen molar-refractivity contribution in [3.63, 3.8) is 0 Å². The number of benzene rings is 1. The topological polar surface area (TPSA) is 44.8 Å². The van der Waals surface area contributed by atoms with Gasteiger partial charge in [0.1, 0.15) is 11.5 Å². The Hall–Kier alpha value is -1.77. The van der Waals surface area contributed by atoms with Crippen LogP contribution in [0.1, 0.15) is 86.6 Å². The van der Waals surface area contributed by atoms with Crippen LogP contribution in [0.5, 0.6) is 11.5 Å². The number of esters is 1. The molecule has 0 N–H and O–H groups in total. The van der Waals surface area contributed by atoms with Crippen molar-refractivity contribution < 1.29 is 18.4 Å². The minimum absolute atomic E-state index is 0.0657. The highest BCUT2D eigenvalue weighted by Crippen LogP contribution is 2.41. The number of methoxy groups -OCH3 is 1. The first-order valence-electron chi connectivity index (χ1n) is 14.9. The summed E-state index contributed by atoms with van der Waals surface area (Å²) < 4.78 is 18.6. The number of hydrogen-bond donors (Lipinski definition) is 0. The average Bonchev–Trinajstić information content (AvgIpc) is 2.85. The fraction of sp³-hybridized carbons (Fsp3) is 0.618. The van der Waals surface area contributed by atoms with Crippen LogP contribution in [0.15, 0.2) is 53.1 Å². The largest absolute Gasteiger partial charge is 0.543 e. The minimum atomic E-state index is -2.07. The first-order valence-corrected chi connectivity index (χ1v) is 21.2. The van der Waals surface area contributed by atoms with Gasteiger partial charge in [-0.1, -0.05) is 70.9 Å². The molecule has 232 valence electrons. The van der Waals surface area contributed by atoms with Crippen molar-refractivity contribution in [1.82, 2.24) is 0 Å². The van der Waals surface area contributed by atoms with Crippen LogP contribution in [-0.4, -0.2) is 35.6 Å². The molecule has 0 atom stereocenters. The highest BCUT2D eigenvalue weighted by Gasteiger charge is 2.40. The summed E-state index contributed by atoms with van der Waals surface area (Å²) in [5.74, 6) is 2.02. The monoisotopic (exact) mass is 620 g/mol. The first kappa shape index (κ1) is 37.3. The predicted octanol–water partition coefficient (Wildman–Crippen LogP) is 10.8. The third kappa shape index (κ3) is 12.2. The van der Waals surface area contributed by atoms with E-state index in [2.05, 4.69) is 106 Å². The van der Waals surface area contributed by atoms with Gasteiger partial charge >= 0.3 is 5.97 Å². The molecule has 1 aromatic carbocycles. The Bertz CT molecular complexity index is 1100. The number of allylic oxidation sites excluding steroid dienone is 5.